The number of amides is 1. The van der Waals surface area contributed by atoms with E-state index < -0.39 is 5.91 Å². The van der Waals surface area contributed by atoms with E-state index in [2.05, 4.69) is 32.9 Å². The summed E-state index contributed by atoms with van der Waals surface area (Å²) >= 11 is 0. The number of aromatic nitrogens is 4. The minimum absolute atomic E-state index is 0.0994. The van der Waals surface area contributed by atoms with Gasteiger partial charge in [0.15, 0.2) is 0 Å². The van der Waals surface area contributed by atoms with Gasteiger partial charge in [0.2, 0.25) is 0 Å². The van der Waals surface area contributed by atoms with E-state index in [1.54, 1.807) is 24.4 Å². The van der Waals surface area contributed by atoms with Crippen LogP contribution in [0, 0.1) is 11.3 Å². The molecule has 0 unspecified atom stereocenters. The quantitative estimate of drug-likeness (QED) is 0.459. The monoisotopic (exact) mass is 442 g/mol. The fourth-order valence-corrected chi connectivity index (χ4v) is 5.03. The molecule has 8 heteroatoms. The van der Waals surface area contributed by atoms with Crippen molar-refractivity contribution in [2.75, 3.05) is 6.54 Å². The molecule has 0 atom stereocenters. The first kappa shape index (κ1) is 20.1. The SMILES string of the molecule is O=C(NCc1cn2cc(CNCC3CC4(CC4)C3)ccc2n1)c1cc(=O)n2ccccc2n1. The highest BCUT2D eigenvalue weighted by Gasteiger charge is 2.52. The van der Waals surface area contributed by atoms with Crippen molar-refractivity contribution in [3.05, 3.63) is 82.3 Å². The van der Waals surface area contributed by atoms with Gasteiger partial charge < -0.3 is 15.0 Å². The molecule has 2 aliphatic rings. The smallest absolute Gasteiger partial charge is 0.270 e. The maximum Gasteiger partial charge on any atom is 0.270 e. The Morgan fingerprint density at radius 2 is 1.94 bits per heavy atom. The largest absolute Gasteiger partial charge is 0.345 e. The Balaban J connectivity index is 1.07. The van der Waals surface area contributed by atoms with Crippen molar-refractivity contribution in [2.45, 2.75) is 38.8 Å². The molecule has 0 saturated heterocycles. The number of hydrogen-bond acceptors (Lipinski definition) is 5. The molecule has 1 spiro atoms. The third-order valence-corrected chi connectivity index (χ3v) is 6.96. The Labute approximate surface area is 190 Å². The molecule has 8 nitrogen and oxygen atoms in total. The lowest BCUT2D eigenvalue weighted by atomic mass is 9.72. The van der Waals surface area contributed by atoms with Crippen LogP contribution in [0.3, 0.4) is 0 Å². The zero-order chi connectivity index (χ0) is 22.4. The fraction of sp³-hybridized carbons (Fsp3) is 0.360. The molecular weight excluding hydrogens is 416 g/mol. The van der Waals surface area contributed by atoms with Crippen LogP contribution in [0.5, 0.6) is 0 Å². The van der Waals surface area contributed by atoms with E-state index >= 15 is 0 Å². The summed E-state index contributed by atoms with van der Waals surface area (Å²) in [5.74, 6) is 0.442. The van der Waals surface area contributed by atoms with Crippen LogP contribution in [-0.2, 0) is 13.1 Å². The van der Waals surface area contributed by atoms with Crippen LogP contribution in [-0.4, -0.2) is 31.2 Å². The standard InChI is InChI=1S/C25H26N6O2/c32-23-9-20(29-22-3-1-2-8-31(22)23)24(33)27-14-19-16-30-15-17(4-5-21(30)28-19)12-26-13-18-10-25(11-18)6-7-25/h1-5,8-9,15-16,18,26H,6-7,10-14H2,(H,27,33). The lowest BCUT2D eigenvalue weighted by Gasteiger charge is -2.36. The predicted molar refractivity (Wildman–Crippen MR) is 124 cm³/mol. The van der Waals surface area contributed by atoms with E-state index in [9.17, 15) is 9.59 Å². The first-order valence-electron chi connectivity index (χ1n) is 11.5. The van der Waals surface area contributed by atoms with Gasteiger partial charge in [0.1, 0.15) is 17.0 Å². The highest BCUT2D eigenvalue weighted by molar-refractivity contribution is 5.92. The van der Waals surface area contributed by atoms with Crippen LogP contribution < -0.4 is 16.2 Å². The summed E-state index contributed by atoms with van der Waals surface area (Å²) in [5.41, 5.74) is 3.79. The second-order valence-corrected chi connectivity index (χ2v) is 9.53. The van der Waals surface area contributed by atoms with E-state index in [0.717, 1.165) is 35.8 Å². The van der Waals surface area contributed by atoms with E-state index in [0.29, 0.717) is 5.65 Å². The van der Waals surface area contributed by atoms with Gasteiger partial charge in [0.25, 0.3) is 11.5 Å². The van der Waals surface area contributed by atoms with Gasteiger partial charge in [-0.3, -0.25) is 14.0 Å². The molecule has 2 aliphatic carbocycles. The number of hydrogen-bond donors (Lipinski definition) is 2. The molecule has 0 radical (unpaired) electrons. The van der Waals surface area contributed by atoms with Crippen molar-refractivity contribution in [1.82, 2.24) is 29.4 Å². The Kier molecular flexibility index (Phi) is 4.76. The summed E-state index contributed by atoms with van der Waals surface area (Å²) in [6.45, 7) is 2.19. The van der Waals surface area contributed by atoms with E-state index in [4.69, 9.17) is 0 Å². The summed E-state index contributed by atoms with van der Waals surface area (Å²) in [5, 5.41) is 6.41. The maximum atomic E-state index is 12.6. The zero-order valence-corrected chi connectivity index (χ0v) is 18.3. The lowest BCUT2D eigenvalue weighted by molar-refractivity contribution is 0.0945. The number of nitrogens with zero attached hydrogens (tertiary/aromatic N) is 4. The van der Waals surface area contributed by atoms with E-state index in [-0.39, 0.29) is 17.8 Å². The highest BCUT2D eigenvalue weighted by Crippen LogP contribution is 2.63. The van der Waals surface area contributed by atoms with Gasteiger partial charge in [-0.25, -0.2) is 9.97 Å². The summed E-state index contributed by atoms with van der Waals surface area (Å²) in [7, 11) is 0. The number of carbonyl (C=O) groups is 1. The average molecular weight is 443 g/mol. The fourth-order valence-electron chi connectivity index (χ4n) is 5.03. The van der Waals surface area contributed by atoms with Gasteiger partial charge in [0, 0.05) is 31.2 Å². The molecule has 2 N–H and O–H groups in total. The number of rotatable bonds is 7. The molecule has 1 amide bonds. The summed E-state index contributed by atoms with van der Waals surface area (Å²) in [6, 6.07) is 10.6. The second-order valence-electron chi connectivity index (χ2n) is 9.53. The Morgan fingerprint density at radius 3 is 2.79 bits per heavy atom. The van der Waals surface area contributed by atoms with E-state index in [1.165, 1.54) is 41.7 Å². The molecule has 0 bridgehead atoms. The molecule has 168 valence electrons. The van der Waals surface area contributed by atoms with Crippen LogP contribution in [0.2, 0.25) is 0 Å². The third-order valence-electron chi connectivity index (χ3n) is 6.96. The van der Waals surface area contributed by atoms with Crippen LogP contribution in [0.4, 0.5) is 0 Å². The number of carbonyl (C=O) groups excluding carboxylic acids is 1. The molecule has 2 fully saturated rings. The molecular formula is C25H26N6O2. The molecule has 0 aromatic carbocycles. The van der Waals surface area contributed by atoms with Crippen molar-refractivity contribution < 1.29 is 4.79 Å². The van der Waals surface area contributed by atoms with E-state index in [1.807, 2.05) is 16.7 Å². The first-order chi connectivity index (χ1) is 16.1. The number of imidazole rings is 1. The number of pyridine rings is 2. The normalized spacial score (nSPS) is 16.8. The van der Waals surface area contributed by atoms with Crippen LogP contribution in [0.25, 0.3) is 11.3 Å². The topological polar surface area (TPSA) is 92.8 Å². The Hall–Kier alpha value is -3.52. The maximum absolute atomic E-state index is 12.6. The van der Waals surface area contributed by atoms with Crippen LogP contribution >= 0.6 is 0 Å². The minimum Gasteiger partial charge on any atom is -0.345 e. The highest BCUT2D eigenvalue weighted by atomic mass is 16.2. The third kappa shape index (κ3) is 4.02. The van der Waals surface area contributed by atoms with Crippen LogP contribution in [0.1, 0.15) is 47.4 Å². The molecule has 4 heterocycles. The van der Waals surface area contributed by atoms with Crippen LogP contribution in [0.15, 0.2) is 59.8 Å². The van der Waals surface area contributed by atoms with Crippen molar-refractivity contribution in [2.24, 2.45) is 11.3 Å². The summed E-state index contributed by atoms with van der Waals surface area (Å²) < 4.78 is 3.39. The zero-order valence-electron chi connectivity index (χ0n) is 18.3. The van der Waals surface area contributed by atoms with Gasteiger partial charge in [-0.2, -0.15) is 0 Å². The lowest BCUT2D eigenvalue weighted by Crippen LogP contribution is -2.33. The first-order valence-corrected chi connectivity index (χ1v) is 11.5. The summed E-state index contributed by atoms with van der Waals surface area (Å²) in [6.07, 6.45) is 11.3. The molecule has 4 aromatic heterocycles. The van der Waals surface area contributed by atoms with Gasteiger partial charge in [0.05, 0.1) is 12.2 Å². The van der Waals surface area contributed by atoms with Gasteiger partial charge in [-0.1, -0.05) is 12.1 Å². The molecule has 2 saturated carbocycles. The van der Waals surface area contributed by atoms with Crippen molar-refractivity contribution in [3.8, 4) is 0 Å². The molecule has 6 rings (SSSR count). The molecule has 4 aromatic rings. The van der Waals surface area contributed by atoms with Gasteiger partial charge in [-0.05, 0) is 67.3 Å². The number of nitrogens with one attached hydrogen (secondary N) is 2. The second kappa shape index (κ2) is 7.81. The molecule has 33 heavy (non-hydrogen) atoms. The van der Waals surface area contributed by atoms with Gasteiger partial charge >= 0.3 is 0 Å². The predicted octanol–water partition coefficient (Wildman–Crippen LogP) is 2.55. The molecule has 0 aliphatic heterocycles. The Bertz CT molecular complexity index is 1410. The average Bonchev–Trinajstić information content (AvgIpc) is 3.49. The Morgan fingerprint density at radius 1 is 1.06 bits per heavy atom. The van der Waals surface area contributed by atoms with Crippen molar-refractivity contribution in [1.29, 1.82) is 0 Å². The van der Waals surface area contributed by atoms with Crippen molar-refractivity contribution >= 4 is 17.2 Å². The minimum atomic E-state index is -0.399. The van der Waals surface area contributed by atoms with Crippen molar-refractivity contribution in [3.63, 3.8) is 0 Å². The number of fused-ring (bicyclic) bond motifs is 2. The van der Waals surface area contributed by atoms with Gasteiger partial charge in [-0.15, -0.1) is 0 Å². The summed E-state index contributed by atoms with van der Waals surface area (Å²) in [4.78, 5) is 33.6.